The van der Waals surface area contributed by atoms with Crippen LogP contribution in [0.15, 0.2) is 48.5 Å². The van der Waals surface area contributed by atoms with Gasteiger partial charge in [-0.3, -0.25) is 0 Å². The molecule has 0 unspecified atom stereocenters. The van der Waals surface area contributed by atoms with Crippen molar-refractivity contribution in [3.05, 3.63) is 123 Å². The number of hydrogen-bond donors (Lipinski definition) is 0. The maximum atomic E-state index is 4.93. The van der Waals surface area contributed by atoms with E-state index >= 15 is 0 Å². The van der Waals surface area contributed by atoms with Gasteiger partial charge in [-0.25, -0.2) is 0 Å². The first-order valence-electron chi connectivity index (χ1n) is 10.8. The van der Waals surface area contributed by atoms with Crippen LogP contribution in [0.25, 0.3) is 0 Å². The number of halogens is 2. The number of benzene rings is 2. The molecule has 2 nitrogen and oxygen atoms in total. The molecule has 2 aliphatic carbocycles. The fraction of sp³-hybridized carbons (Fsp3) is 0.214. The van der Waals surface area contributed by atoms with Gasteiger partial charge in [-0.1, -0.05) is 24.3 Å². The Balaban J connectivity index is 0.000000209. The Morgan fingerprint density at radius 3 is 1.06 bits per heavy atom. The van der Waals surface area contributed by atoms with Gasteiger partial charge in [0.05, 0.1) is 0 Å². The van der Waals surface area contributed by atoms with Crippen LogP contribution in [-0.2, 0) is 33.7 Å². The predicted molar refractivity (Wildman–Crippen MR) is 142 cm³/mol. The molecule has 0 N–H and O–H groups in total. The van der Waals surface area contributed by atoms with Gasteiger partial charge >= 0.3 is 37.9 Å². The number of nitrogens with zero attached hydrogens (tertiary/aromatic N) is 2. The third-order valence-electron chi connectivity index (χ3n) is 5.19. The predicted octanol–water partition coefficient (Wildman–Crippen LogP) is 6.78. The number of hydrogen-bond acceptors (Lipinski definition) is 2. The van der Waals surface area contributed by atoms with Crippen molar-refractivity contribution < 1.29 is 20.8 Å². The minimum atomic E-state index is -0.826. The molecule has 4 rings (SSSR count). The standard InChI is InChI=1S/2C14H16N.2ClH.Zr/c2*1-15(2)14-9-7-13(8-10-14)11-12-5-3-4-6-12;;;/h2*3-10H,11H2,1-2H3;2*1H;/q;;;;+4/p-2. The second-order valence-corrected chi connectivity index (χ2v) is 11.9. The van der Waals surface area contributed by atoms with Gasteiger partial charge in [-0.05, 0) is 111 Å². The quantitative estimate of drug-likeness (QED) is 0.386. The van der Waals surface area contributed by atoms with Crippen LogP contribution in [0.1, 0.15) is 11.1 Å². The third-order valence-corrected chi connectivity index (χ3v) is 5.19. The van der Waals surface area contributed by atoms with Crippen molar-refractivity contribution in [3.8, 4) is 0 Å². The van der Waals surface area contributed by atoms with Crippen LogP contribution in [-0.4, -0.2) is 28.2 Å². The second kappa shape index (κ2) is 16.2. The summed E-state index contributed by atoms with van der Waals surface area (Å²) in [6.45, 7) is 0. The molecule has 2 aromatic rings. The fourth-order valence-corrected chi connectivity index (χ4v) is 3.36. The van der Waals surface area contributed by atoms with Gasteiger partial charge in [-0.15, -0.1) is 0 Å². The van der Waals surface area contributed by atoms with Crippen LogP contribution < -0.4 is 9.80 Å². The summed E-state index contributed by atoms with van der Waals surface area (Å²) in [7, 11) is 18.1. The number of rotatable bonds is 6. The van der Waals surface area contributed by atoms with Crippen LogP contribution in [0.3, 0.4) is 0 Å². The van der Waals surface area contributed by atoms with Gasteiger partial charge in [0.2, 0.25) is 0 Å². The topological polar surface area (TPSA) is 6.48 Å². The normalized spacial score (nSPS) is 15.7. The Kier molecular flexibility index (Phi) is 14.1. The molecule has 0 bridgehead atoms. The molecule has 2 fully saturated rings. The van der Waals surface area contributed by atoms with E-state index in [1.807, 2.05) is 0 Å². The monoisotopic (exact) mass is 556 g/mol. The van der Waals surface area contributed by atoms with Gasteiger partial charge in [0.25, 0.3) is 0 Å². The van der Waals surface area contributed by atoms with E-state index in [0.29, 0.717) is 0 Å². The fourth-order valence-electron chi connectivity index (χ4n) is 3.36. The van der Waals surface area contributed by atoms with E-state index in [0.717, 1.165) is 12.8 Å². The number of anilines is 2. The summed E-state index contributed by atoms with van der Waals surface area (Å²) < 4.78 is 0. The van der Waals surface area contributed by atoms with Crippen molar-refractivity contribution in [3.63, 3.8) is 0 Å². The molecular formula is C28H32Cl2N2Zr+2. The first-order valence-corrected chi connectivity index (χ1v) is 17.2. The second-order valence-electron chi connectivity index (χ2n) is 8.13. The van der Waals surface area contributed by atoms with Gasteiger partial charge in [0.15, 0.2) is 0 Å². The zero-order valence-corrected chi connectivity index (χ0v) is 23.8. The molecule has 0 saturated heterocycles. The van der Waals surface area contributed by atoms with E-state index in [9.17, 15) is 0 Å². The van der Waals surface area contributed by atoms with Crippen LogP contribution in [0.4, 0.5) is 11.4 Å². The van der Waals surface area contributed by atoms with E-state index in [4.69, 9.17) is 17.0 Å². The summed E-state index contributed by atoms with van der Waals surface area (Å²) in [6.07, 6.45) is 19.1. The SMILES string of the molecule is CN(C)c1ccc(C[C]2[CH][CH][CH][CH]2)cc1.CN(C)c1ccc(C[C]2[CH][CH][CH][CH]2)cc1.[Cl][Zr+2][Cl]. The zero-order chi connectivity index (χ0) is 24.1. The Morgan fingerprint density at radius 2 is 0.818 bits per heavy atom. The van der Waals surface area contributed by atoms with Crippen LogP contribution >= 0.6 is 17.0 Å². The molecule has 2 aromatic carbocycles. The molecule has 0 amide bonds. The average molecular weight is 559 g/mol. The van der Waals surface area contributed by atoms with Crippen molar-refractivity contribution >= 4 is 28.4 Å². The first-order chi connectivity index (χ1) is 15.9. The Morgan fingerprint density at radius 1 is 0.545 bits per heavy atom. The Bertz CT molecular complexity index is 685. The van der Waals surface area contributed by atoms with Crippen molar-refractivity contribution in [2.45, 2.75) is 12.8 Å². The Labute approximate surface area is 221 Å². The molecule has 10 radical (unpaired) electrons. The van der Waals surface area contributed by atoms with Crippen LogP contribution in [0.2, 0.25) is 0 Å². The van der Waals surface area contributed by atoms with Crippen molar-refractivity contribution in [2.24, 2.45) is 0 Å². The van der Waals surface area contributed by atoms with E-state index < -0.39 is 20.8 Å². The van der Waals surface area contributed by atoms with E-state index in [-0.39, 0.29) is 0 Å². The van der Waals surface area contributed by atoms with Gasteiger partial charge in [-0.2, -0.15) is 0 Å². The summed E-state index contributed by atoms with van der Waals surface area (Å²) >= 11 is -0.826. The van der Waals surface area contributed by atoms with E-state index in [2.05, 4.69) is 138 Å². The van der Waals surface area contributed by atoms with Crippen LogP contribution in [0.5, 0.6) is 0 Å². The molecule has 170 valence electrons. The summed E-state index contributed by atoms with van der Waals surface area (Å²) in [4.78, 5) is 4.23. The minimum absolute atomic E-state index is 0.826. The third kappa shape index (κ3) is 11.2. The van der Waals surface area contributed by atoms with E-state index in [1.165, 1.54) is 34.3 Å². The molecule has 0 atom stereocenters. The molecule has 0 heterocycles. The zero-order valence-electron chi connectivity index (χ0n) is 19.8. The summed E-state index contributed by atoms with van der Waals surface area (Å²) in [6, 6.07) is 17.4. The maximum absolute atomic E-state index is 4.93. The summed E-state index contributed by atoms with van der Waals surface area (Å²) in [5.74, 6) is 2.76. The van der Waals surface area contributed by atoms with Gasteiger partial charge < -0.3 is 9.80 Å². The molecule has 2 aliphatic rings. The van der Waals surface area contributed by atoms with Gasteiger partial charge in [0, 0.05) is 39.6 Å². The summed E-state index contributed by atoms with van der Waals surface area (Å²) in [5, 5.41) is 0. The first kappa shape index (κ1) is 28.7. The summed E-state index contributed by atoms with van der Waals surface area (Å²) in [5.41, 5.74) is 5.24. The van der Waals surface area contributed by atoms with Crippen molar-refractivity contribution in [1.82, 2.24) is 0 Å². The Hall–Kier alpha value is -0.497. The average Bonchev–Trinajstić information content (AvgIpc) is 3.50. The van der Waals surface area contributed by atoms with E-state index in [1.54, 1.807) is 0 Å². The molecule has 5 heteroatoms. The van der Waals surface area contributed by atoms with Crippen LogP contribution in [0, 0.1) is 63.2 Å². The molecular weight excluding hydrogens is 526 g/mol. The molecule has 0 aromatic heterocycles. The molecule has 0 spiro atoms. The molecule has 0 aliphatic heterocycles. The van der Waals surface area contributed by atoms with Gasteiger partial charge in [0.1, 0.15) is 0 Å². The molecule has 2 saturated carbocycles. The molecule has 33 heavy (non-hydrogen) atoms. The van der Waals surface area contributed by atoms with Crippen molar-refractivity contribution in [2.75, 3.05) is 38.0 Å². The van der Waals surface area contributed by atoms with Crippen molar-refractivity contribution in [1.29, 1.82) is 0 Å².